The Morgan fingerprint density at radius 1 is 1.00 bits per heavy atom. The molecule has 170 valence electrons. The van der Waals surface area contributed by atoms with E-state index in [1.54, 1.807) is 0 Å². The number of benzene rings is 3. The van der Waals surface area contributed by atoms with Gasteiger partial charge in [-0.25, -0.2) is 0 Å². The van der Waals surface area contributed by atoms with Gasteiger partial charge in [0.15, 0.2) is 0 Å². The molecule has 0 N–H and O–H groups in total. The van der Waals surface area contributed by atoms with Crippen LogP contribution in [-0.2, 0) is 11.8 Å². The van der Waals surface area contributed by atoms with Gasteiger partial charge in [0.1, 0.15) is 0 Å². The predicted molar refractivity (Wildman–Crippen MR) is 150 cm³/mol. The molecule has 2 heteroatoms. The fraction of sp³-hybridized carbons (Fsp3) is 0.281. The van der Waals surface area contributed by atoms with E-state index in [1.165, 1.54) is 43.0 Å². The molecule has 3 aromatic carbocycles. The van der Waals surface area contributed by atoms with Gasteiger partial charge in [0.25, 0.3) is 0 Å². The molecular weight excluding hydrogens is 471 g/mol. The van der Waals surface area contributed by atoms with Crippen molar-refractivity contribution in [3.8, 4) is 11.3 Å². The first-order valence-electron chi connectivity index (χ1n) is 13.0. The normalized spacial score (nSPS) is 19.4. The van der Waals surface area contributed by atoms with Crippen molar-refractivity contribution in [2.45, 2.75) is 55.8 Å². The van der Waals surface area contributed by atoms with Gasteiger partial charge in [-0.2, -0.15) is 0 Å². The third-order valence-electron chi connectivity index (χ3n) is 7.92. The molecule has 1 aromatic heterocycles. The Kier molecular flexibility index (Phi) is 4.52. The van der Waals surface area contributed by atoms with E-state index < -0.39 is 13.3 Å². The van der Waals surface area contributed by atoms with Crippen molar-refractivity contribution in [1.82, 2.24) is 4.98 Å². The number of aromatic nitrogens is 1. The number of hydrogen-bond donors (Lipinski definition) is 0. The maximum atomic E-state index is 9.32. The molecule has 1 unspecified atom stereocenters. The van der Waals surface area contributed by atoms with Gasteiger partial charge in [-0.05, 0) is 0 Å². The van der Waals surface area contributed by atoms with Crippen molar-refractivity contribution < 1.29 is 1.37 Å². The fourth-order valence-electron chi connectivity index (χ4n) is 6.26. The van der Waals surface area contributed by atoms with Gasteiger partial charge in [0, 0.05) is 0 Å². The molecule has 34 heavy (non-hydrogen) atoms. The van der Waals surface area contributed by atoms with Gasteiger partial charge in [0.2, 0.25) is 0 Å². The number of hydrogen-bond acceptors (Lipinski definition) is 1. The molecule has 0 amide bonds. The van der Waals surface area contributed by atoms with E-state index >= 15 is 0 Å². The topological polar surface area (TPSA) is 12.9 Å². The molecule has 1 atom stereocenters. The van der Waals surface area contributed by atoms with Gasteiger partial charge in [-0.1, -0.05) is 6.07 Å². The van der Waals surface area contributed by atoms with Crippen molar-refractivity contribution in [2.75, 3.05) is 0 Å². The van der Waals surface area contributed by atoms with E-state index in [1.807, 2.05) is 6.20 Å². The number of allylic oxidation sites excluding steroid dienone is 1. The second-order valence-electron chi connectivity index (χ2n) is 11.6. The summed E-state index contributed by atoms with van der Waals surface area (Å²) in [7, 11) is 0. The van der Waals surface area contributed by atoms with Crippen LogP contribution < -0.4 is 4.40 Å². The van der Waals surface area contributed by atoms with E-state index in [9.17, 15) is 1.37 Å². The summed E-state index contributed by atoms with van der Waals surface area (Å²) in [5, 5.41) is 2.62. The molecule has 0 fully saturated rings. The Morgan fingerprint density at radius 3 is 2.44 bits per heavy atom. The summed E-state index contributed by atoms with van der Waals surface area (Å²) in [5.74, 6) is 7.71. The van der Waals surface area contributed by atoms with E-state index in [0.29, 0.717) is 12.0 Å². The fourth-order valence-corrected chi connectivity index (χ4v) is 8.71. The van der Waals surface area contributed by atoms with Crippen LogP contribution in [0.3, 0.4) is 0 Å². The van der Waals surface area contributed by atoms with Gasteiger partial charge in [-0.15, -0.1) is 0 Å². The summed E-state index contributed by atoms with van der Waals surface area (Å²) in [6, 6.07) is 23.0. The molecule has 0 saturated heterocycles. The molecular formula is C32H33GeN. The monoisotopic (exact) mass is 506 g/mol. The molecule has 1 heterocycles. The minimum atomic E-state index is -1.91. The van der Waals surface area contributed by atoms with Crippen LogP contribution in [0.1, 0.15) is 55.9 Å². The Labute approximate surface area is 207 Å². The van der Waals surface area contributed by atoms with Crippen LogP contribution in [0.5, 0.6) is 0 Å². The summed E-state index contributed by atoms with van der Waals surface area (Å²) in [5.41, 5.74) is 9.54. The summed E-state index contributed by atoms with van der Waals surface area (Å²) in [6.45, 7) is 6.97. The van der Waals surface area contributed by atoms with E-state index in [2.05, 4.69) is 98.7 Å². The zero-order chi connectivity index (χ0) is 24.7. The standard InChI is InChI=1S/C32H33GeN/c1-20(2)29-25-10-8-7-9-22(25)17-26-27(29)19-32(3)28(18-23-15-16-34-31(26)30(23)32)21-11-13-24(14-12-21)33(4,5)6/h7-18,20H,19H2,1-6H3/i18D. The molecule has 0 aliphatic heterocycles. The third-order valence-corrected chi connectivity index (χ3v) is 12.3. The number of nitrogens with zero attached hydrogens (tertiary/aromatic N) is 1. The third kappa shape index (κ3) is 3.09. The SMILES string of the molecule is [2H]C1=C(c2cc[c]([Ge]([CH3])([CH3])[CH3])cc2)C2(C)Cc3c(cc4ccccc4c3C(C)C)-c3nccc1c32. The Bertz CT molecular complexity index is 1540. The van der Waals surface area contributed by atoms with E-state index in [4.69, 9.17) is 4.98 Å². The average Bonchev–Trinajstić information content (AvgIpc) is 3.04. The van der Waals surface area contributed by atoms with Crippen LogP contribution in [-0.4, -0.2) is 18.3 Å². The Morgan fingerprint density at radius 2 is 1.74 bits per heavy atom. The van der Waals surface area contributed by atoms with E-state index in [-0.39, 0.29) is 5.41 Å². The molecule has 1 nitrogen and oxygen atoms in total. The summed E-state index contributed by atoms with van der Waals surface area (Å²) >= 11 is -1.91. The molecule has 6 rings (SSSR count). The zero-order valence-corrected chi connectivity index (χ0v) is 23.2. The molecule has 0 saturated carbocycles. The second kappa shape index (κ2) is 7.42. The van der Waals surface area contributed by atoms with Crippen LogP contribution in [0.2, 0.25) is 17.3 Å². The quantitative estimate of drug-likeness (QED) is 0.258. The van der Waals surface area contributed by atoms with Crippen LogP contribution in [0.15, 0.2) is 66.9 Å². The van der Waals surface area contributed by atoms with Crippen molar-refractivity contribution in [3.05, 3.63) is 94.7 Å². The Balaban J connectivity index is 1.62. The Hall–Kier alpha value is -2.65. The van der Waals surface area contributed by atoms with Crippen LogP contribution in [0.4, 0.5) is 0 Å². The summed E-state index contributed by atoms with van der Waals surface area (Å²) < 4.78 is 10.8. The predicted octanol–water partition coefficient (Wildman–Crippen LogP) is 7.94. The van der Waals surface area contributed by atoms with Crippen LogP contribution >= 0.6 is 0 Å². The molecule has 4 aromatic rings. The first kappa shape index (κ1) is 20.7. The van der Waals surface area contributed by atoms with Gasteiger partial charge >= 0.3 is 202 Å². The number of fused-ring (bicyclic) bond motifs is 3. The minimum absolute atomic E-state index is 0.264. The van der Waals surface area contributed by atoms with Crippen molar-refractivity contribution in [3.63, 3.8) is 0 Å². The van der Waals surface area contributed by atoms with Gasteiger partial charge < -0.3 is 0 Å². The van der Waals surface area contributed by atoms with Crippen LogP contribution in [0.25, 0.3) is 33.7 Å². The molecule has 2 aliphatic carbocycles. The van der Waals surface area contributed by atoms with Crippen molar-refractivity contribution in [1.29, 1.82) is 0 Å². The average molecular weight is 505 g/mol. The number of rotatable bonds is 3. The maximum absolute atomic E-state index is 9.32. The van der Waals surface area contributed by atoms with E-state index in [0.717, 1.165) is 23.3 Å². The molecule has 0 radical (unpaired) electrons. The van der Waals surface area contributed by atoms with Gasteiger partial charge in [-0.3, -0.25) is 0 Å². The first-order chi connectivity index (χ1) is 16.6. The van der Waals surface area contributed by atoms with Gasteiger partial charge in [0.05, 0.1) is 0 Å². The van der Waals surface area contributed by atoms with Crippen LogP contribution in [0, 0.1) is 0 Å². The molecule has 0 spiro atoms. The second-order valence-corrected chi connectivity index (χ2v) is 22.3. The number of pyridine rings is 1. The molecule has 0 bridgehead atoms. The zero-order valence-electron chi connectivity index (χ0n) is 22.1. The summed E-state index contributed by atoms with van der Waals surface area (Å²) in [4.78, 5) is 4.97. The first-order valence-corrected chi connectivity index (χ1v) is 19.8. The summed E-state index contributed by atoms with van der Waals surface area (Å²) in [6.07, 6.45) is 2.81. The van der Waals surface area contributed by atoms with Crippen molar-refractivity contribution >= 4 is 40.1 Å². The van der Waals surface area contributed by atoms with Crippen molar-refractivity contribution in [2.24, 2.45) is 0 Å². The molecule has 2 aliphatic rings.